The minimum Gasteiger partial charge on any atom is -0.325 e. The van der Waals surface area contributed by atoms with Crippen molar-refractivity contribution in [3.63, 3.8) is 0 Å². The second kappa shape index (κ2) is 3.60. The third-order valence-electron chi connectivity index (χ3n) is 2.50. The monoisotopic (exact) mass is 197 g/mol. The minimum absolute atomic E-state index is 0.324. The van der Waals surface area contributed by atoms with Crippen molar-refractivity contribution in [1.82, 2.24) is 9.97 Å². The molecule has 2 N–H and O–H groups in total. The van der Waals surface area contributed by atoms with Gasteiger partial charge >= 0.3 is 0 Å². The maximum Gasteiger partial charge on any atom is 0.222 e. The Hall–Kier alpha value is -0.670. The molecule has 1 aromatic rings. The molecule has 70 valence electrons. The van der Waals surface area contributed by atoms with E-state index in [2.05, 4.69) is 9.97 Å². The zero-order chi connectivity index (χ0) is 9.26. The molecule has 1 aliphatic carbocycles. The molecular formula is C9H12ClN3. The van der Waals surface area contributed by atoms with Crippen molar-refractivity contribution in [3.05, 3.63) is 22.7 Å². The highest BCUT2D eigenvalue weighted by Gasteiger charge is 2.21. The van der Waals surface area contributed by atoms with E-state index in [1.807, 2.05) is 6.07 Å². The summed E-state index contributed by atoms with van der Waals surface area (Å²) < 4.78 is 0. The number of hydrogen-bond acceptors (Lipinski definition) is 3. The normalized spacial score (nSPS) is 17.1. The number of nitrogens with zero attached hydrogens (tertiary/aromatic N) is 2. The lowest BCUT2D eigenvalue weighted by molar-refractivity contribution is 0.410. The summed E-state index contributed by atoms with van der Waals surface area (Å²) in [5, 5.41) is 0.324. The number of rotatable bonds is 2. The molecule has 1 aromatic heterocycles. The van der Waals surface area contributed by atoms with Crippen LogP contribution in [0.1, 0.15) is 36.6 Å². The molecule has 4 heteroatoms. The van der Waals surface area contributed by atoms with Gasteiger partial charge in [-0.15, -0.1) is 0 Å². The molecule has 0 unspecified atom stereocenters. The number of hydrogen-bond donors (Lipinski definition) is 1. The molecular weight excluding hydrogens is 186 g/mol. The van der Waals surface area contributed by atoms with Crippen LogP contribution in [0.5, 0.6) is 0 Å². The fraction of sp³-hybridized carbons (Fsp3) is 0.556. The maximum absolute atomic E-state index is 5.78. The van der Waals surface area contributed by atoms with Crippen LogP contribution in [0.2, 0.25) is 5.28 Å². The summed E-state index contributed by atoms with van der Waals surface area (Å²) >= 11 is 5.78. The molecule has 1 heterocycles. The van der Waals surface area contributed by atoms with Crippen molar-refractivity contribution < 1.29 is 0 Å². The van der Waals surface area contributed by atoms with Gasteiger partial charge in [0.15, 0.2) is 0 Å². The maximum atomic E-state index is 5.78. The first-order chi connectivity index (χ1) is 6.29. The summed E-state index contributed by atoms with van der Waals surface area (Å²) in [6.07, 6.45) is 3.74. The molecule has 2 rings (SSSR count). The van der Waals surface area contributed by atoms with E-state index in [1.54, 1.807) is 0 Å². The van der Waals surface area contributed by atoms with E-state index in [1.165, 1.54) is 19.3 Å². The van der Waals surface area contributed by atoms with Crippen LogP contribution in [0.4, 0.5) is 0 Å². The quantitative estimate of drug-likeness (QED) is 0.737. The zero-order valence-electron chi connectivity index (χ0n) is 7.33. The standard InChI is InChI=1S/C9H12ClN3/c10-9-12-7(5-11)4-8(13-9)6-2-1-3-6/h4,6H,1-3,5,11H2. The Kier molecular flexibility index (Phi) is 2.47. The molecule has 0 spiro atoms. The van der Waals surface area contributed by atoms with Gasteiger partial charge in [0.2, 0.25) is 5.28 Å². The lowest BCUT2D eigenvalue weighted by atomic mass is 9.83. The van der Waals surface area contributed by atoms with Gasteiger partial charge in [0.05, 0.1) is 5.69 Å². The van der Waals surface area contributed by atoms with E-state index in [-0.39, 0.29) is 0 Å². The Morgan fingerprint density at radius 1 is 1.46 bits per heavy atom. The lowest BCUT2D eigenvalue weighted by Gasteiger charge is -2.24. The van der Waals surface area contributed by atoms with Crippen molar-refractivity contribution in [2.45, 2.75) is 31.7 Å². The highest BCUT2D eigenvalue weighted by Crippen LogP contribution is 2.35. The van der Waals surface area contributed by atoms with Crippen LogP contribution in [-0.2, 0) is 6.54 Å². The number of nitrogens with two attached hydrogens (primary N) is 1. The summed E-state index contributed by atoms with van der Waals surface area (Å²) in [7, 11) is 0. The van der Waals surface area contributed by atoms with Crippen LogP contribution in [0.15, 0.2) is 6.07 Å². The predicted octanol–water partition coefficient (Wildman–Crippen LogP) is 1.86. The van der Waals surface area contributed by atoms with E-state index >= 15 is 0 Å². The molecule has 0 saturated heterocycles. The highest BCUT2D eigenvalue weighted by molar-refractivity contribution is 6.28. The van der Waals surface area contributed by atoms with E-state index < -0.39 is 0 Å². The van der Waals surface area contributed by atoms with Crippen LogP contribution in [-0.4, -0.2) is 9.97 Å². The first-order valence-electron chi connectivity index (χ1n) is 4.53. The molecule has 13 heavy (non-hydrogen) atoms. The fourth-order valence-electron chi connectivity index (χ4n) is 1.50. The Labute approximate surface area is 82.3 Å². The van der Waals surface area contributed by atoms with Crippen LogP contribution < -0.4 is 5.73 Å². The third kappa shape index (κ3) is 1.81. The van der Waals surface area contributed by atoms with Crippen molar-refractivity contribution >= 4 is 11.6 Å². The number of halogens is 1. The van der Waals surface area contributed by atoms with Gasteiger partial charge in [-0.1, -0.05) is 6.42 Å². The lowest BCUT2D eigenvalue weighted by Crippen LogP contribution is -2.12. The summed E-state index contributed by atoms with van der Waals surface area (Å²) in [5.41, 5.74) is 7.40. The highest BCUT2D eigenvalue weighted by atomic mass is 35.5. The molecule has 0 atom stereocenters. The topological polar surface area (TPSA) is 51.8 Å². The second-order valence-corrected chi connectivity index (χ2v) is 3.72. The molecule has 0 aromatic carbocycles. The summed E-state index contributed by atoms with van der Waals surface area (Å²) in [6.45, 7) is 0.432. The molecule has 3 nitrogen and oxygen atoms in total. The molecule has 1 saturated carbocycles. The van der Waals surface area contributed by atoms with Crippen LogP contribution in [0.25, 0.3) is 0 Å². The predicted molar refractivity (Wildman–Crippen MR) is 51.5 cm³/mol. The van der Waals surface area contributed by atoms with Crippen molar-refractivity contribution in [1.29, 1.82) is 0 Å². The van der Waals surface area contributed by atoms with Gasteiger partial charge in [-0.25, -0.2) is 9.97 Å². The summed E-state index contributed by atoms with van der Waals surface area (Å²) in [4.78, 5) is 8.22. The Morgan fingerprint density at radius 2 is 2.23 bits per heavy atom. The molecule has 1 fully saturated rings. The molecule has 0 aliphatic heterocycles. The van der Waals surface area contributed by atoms with Gasteiger partial charge in [-0.3, -0.25) is 0 Å². The molecule has 1 aliphatic rings. The van der Waals surface area contributed by atoms with E-state index in [4.69, 9.17) is 17.3 Å². The fourth-order valence-corrected chi connectivity index (χ4v) is 1.71. The van der Waals surface area contributed by atoms with Gasteiger partial charge < -0.3 is 5.73 Å². The van der Waals surface area contributed by atoms with Gasteiger partial charge in [0, 0.05) is 18.2 Å². The van der Waals surface area contributed by atoms with Crippen LogP contribution in [0.3, 0.4) is 0 Å². The van der Waals surface area contributed by atoms with Gasteiger partial charge in [-0.05, 0) is 30.5 Å². The zero-order valence-corrected chi connectivity index (χ0v) is 8.09. The number of aromatic nitrogens is 2. The largest absolute Gasteiger partial charge is 0.325 e. The molecule has 0 bridgehead atoms. The van der Waals surface area contributed by atoms with Crippen molar-refractivity contribution in [2.75, 3.05) is 0 Å². The van der Waals surface area contributed by atoms with Crippen LogP contribution in [0, 0.1) is 0 Å². The minimum atomic E-state index is 0.324. The second-order valence-electron chi connectivity index (χ2n) is 3.39. The Balaban J connectivity index is 2.28. The summed E-state index contributed by atoms with van der Waals surface area (Å²) in [5.74, 6) is 0.589. The first-order valence-corrected chi connectivity index (χ1v) is 4.91. The van der Waals surface area contributed by atoms with Crippen LogP contribution >= 0.6 is 11.6 Å². The van der Waals surface area contributed by atoms with Gasteiger partial charge in [0.1, 0.15) is 0 Å². The molecule has 0 amide bonds. The average Bonchev–Trinajstić information content (AvgIpc) is 2.00. The van der Waals surface area contributed by atoms with E-state index in [0.29, 0.717) is 17.7 Å². The Morgan fingerprint density at radius 3 is 2.77 bits per heavy atom. The Bertz CT molecular complexity index is 310. The smallest absolute Gasteiger partial charge is 0.222 e. The van der Waals surface area contributed by atoms with Gasteiger partial charge in [-0.2, -0.15) is 0 Å². The van der Waals surface area contributed by atoms with Gasteiger partial charge in [0.25, 0.3) is 0 Å². The van der Waals surface area contributed by atoms with E-state index in [9.17, 15) is 0 Å². The SMILES string of the molecule is NCc1cc(C2CCC2)nc(Cl)n1. The first kappa shape index (κ1) is 8.91. The molecule has 0 radical (unpaired) electrons. The van der Waals surface area contributed by atoms with Crippen molar-refractivity contribution in [2.24, 2.45) is 5.73 Å². The van der Waals surface area contributed by atoms with Crippen molar-refractivity contribution in [3.8, 4) is 0 Å². The third-order valence-corrected chi connectivity index (χ3v) is 2.67. The summed E-state index contributed by atoms with van der Waals surface area (Å²) in [6, 6.07) is 1.97. The average molecular weight is 198 g/mol. The van der Waals surface area contributed by atoms with E-state index in [0.717, 1.165) is 11.4 Å².